The zero-order valence-corrected chi connectivity index (χ0v) is 27.4. The van der Waals surface area contributed by atoms with Gasteiger partial charge in [0.1, 0.15) is 23.5 Å². The van der Waals surface area contributed by atoms with E-state index in [0.717, 1.165) is 35.5 Å². The number of carbonyl (C=O) groups is 4. The summed E-state index contributed by atoms with van der Waals surface area (Å²) in [6.45, 7) is 7.46. The van der Waals surface area contributed by atoms with Crippen LogP contribution in [-0.4, -0.2) is 83.3 Å². The van der Waals surface area contributed by atoms with Crippen LogP contribution in [0.2, 0.25) is 0 Å². The Balaban J connectivity index is 1.50. The Hall–Kier alpha value is -4.08. The Morgan fingerprint density at radius 1 is 1.04 bits per heavy atom. The Bertz CT molecular complexity index is 1680. The number of carbonyl (C=O) groups excluding carboxylic acids is 4. The van der Waals surface area contributed by atoms with Crippen LogP contribution in [0.3, 0.4) is 0 Å². The van der Waals surface area contributed by atoms with Gasteiger partial charge in [0.2, 0.25) is 17.7 Å². The van der Waals surface area contributed by atoms with Crippen LogP contribution in [-0.2, 0) is 38.4 Å². The van der Waals surface area contributed by atoms with Crippen LogP contribution in [0.25, 0.3) is 10.8 Å². The highest BCUT2D eigenvalue weighted by Gasteiger charge is 2.70. The third-order valence-electron chi connectivity index (χ3n) is 10.7. The van der Waals surface area contributed by atoms with Gasteiger partial charge in [-0.3, -0.25) is 19.7 Å². The first-order chi connectivity index (χ1) is 21.9. The molecule has 3 aromatic carbocycles. The van der Waals surface area contributed by atoms with Crippen molar-refractivity contribution in [2.24, 2.45) is 5.41 Å². The SMILES string of the molecule is CNC(C)C(=O)N[C@@](C=O)(C(C)(C)C)[C@@]12CN([C@H]3CCc4ccccc4C3)C(=O)[C@H](Cc3ccc4ccccc4c3)N1C(=O)CN2. The van der Waals surface area contributed by atoms with Gasteiger partial charge < -0.3 is 25.2 Å². The number of benzene rings is 3. The van der Waals surface area contributed by atoms with Crippen molar-refractivity contribution in [2.45, 2.75) is 82.7 Å². The third kappa shape index (κ3) is 5.10. The van der Waals surface area contributed by atoms with E-state index in [9.17, 15) is 19.2 Å². The second-order valence-corrected chi connectivity index (χ2v) is 14.2. The van der Waals surface area contributed by atoms with Crippen LogP contribution in [0.4, 0.5) is 0 Å². The van der Waals surface area contributed by atoms with E-state index in [0.29, 0.717) is 6.42 Å². The Morgan fingerprint density at radius 2 is 1.74 bits per heavy atom. The maximum atomic E-state index is 14.8. The highest BCUT2D eigenvalue weighted by Crippen LogP contribution is 2.46. The number of amides is 3. The van der Waals surface area contributed by atoms with Crippen molar-refractivity contribution in [2.75, 3.05) is 20.1 Å². The Labute approximate surface area is 271 Å². The molecule has 6 rings (SSSR count). The summed E-state index contributed by atoms with van der Waals surface area (Å²) in [5.41, 5.74) is -0.417. The summed E-state index contributed by atoms with van der Waals surface area (Å²) in [4.78, 5) is 59.7. The fraction of sp³-hybridized carbons (Fsp3) is 0.459. The number of aryl methyl sites for hydroxylation is 1. The highest BCUT2D eigenvalue weighted by molar-refractivity contribution is 5.95. The molecule has 9 nitrogen and oxygen atoms in total. The van der Waals surface area contributed by atoms with Gasteiger partial charge in [-0.2, -0.15) is 0 Å². The molecule has 3 aromatic rings. The smallest absolute Gasteiger partial charge is 0.246 e. The molecule has 0 saturated carbocycles. The zero-order valence-electron chi connectivity index (χ0n) is 27.4. The van der Waals surface area contributed by atoms with Crippen molar-refractivity contribution in [3.63, 3.8) is 0 Å². The van der Waals surface area contributed by atoms with E-state index in [1.807, 2.05) is 74.2 Å². The molecular weight excluding hydrogens is 578 g/mol. The lowest BCUT2D eigenvalue weighted by Crippen LogP contribution is -2.86. The van der Waals surface area contributed by atoms with E-state index in [2.05, 4.69) is 34.1 Å². The second kappa shape index (κ2) is 11.9. The molecular formula is C37H45N5O4. The number of nitrogens with one attached hydrogen (secondary N) is 3. The maximum Gasteiger partial charge on any atom is 0.246 e. The van der Waals surface area contributed by atoms with Crippen molar-refractivity contribution in [3.8, 4) is 0 Å². The van der Waals surface area contributed by atoms with Gasteiger partial charge in [0.25, 0.3) is 0 Å². The van der Waals surface area contributed by atoms with Crippen LogP contribution in [0, 0.1) is 5.41 Å². The molecule has 0 radical (unpaired) electrons. The normalized spacial score (nSPS) is 25.1. The van der Waals surface area contributed by atoms with Gasteiger partial charge in [0.05, 0.1) is 19.1 Å². The molecule has 1 unspecified atom stereocenters. The monoisotopic (exact) mass is 623 g/mol. The van der Waals surface area contributed by atoms with Crippen LogP contribution >= 0.6 is 0 Å². The number of piperazine rings is 1. The van der Waals surface area contributed by atoms with Crippen LogP contribution in [0.5, 0.6) is 0 Å². The van der Waals surface area contributed by atoms with Crippen LogP contribution in [0.1, 0.15) is 50.8 Å². The lowest BCUT2D eigenvalue weighted by Gasteiger charge is -2.61. The summed E-state index contributed by atoms with van der Waals surface area (Å²) in [5, 5.41) is 11.7. The molecule has 242 valence electrons. The first-order valence-electron chi connectivity index (χ1n) is 16.3. The van der Waals surface area contributed by atoms with E-state index in [-0.39, 0.29) is 43.3 Å². The van der Waals surface area contributed by atoms with Crippen molar-refractivity contribution in [3.05, 3.63) is 83.4 Å². The summed E-state index contributed by atoms with van der Waals surface area (Å²) in [7, 11) is 1.69. The third-order valence-corrected chi connectivity index (χ3v) is 10.7. The van der Waals surface area contributed by atoms with E-state index < -0.39 is 28.7 Å². The molecule has 1 aliphatic carbocycles. The molecule has 2 fully saturated rings. The van der Waals surface area contributed by atoms with E-state index in [1.54, 1.807) is 18.9 Å². The van der Waals surface area contributed by atoms with Gasteiger partial charge in [-0.15, -0.1) is 0 Å². The van der Waals surface area contributed by atoms with Gasteiger partial charge in [0.15, 0.2) is 0 Å². The number of likely N-dealkylation sites (N-methyl/N-ethyl adjacent to an activating group) is 1. The Morgan fingerprint density at radius 3 is 2.43 bits per heavy atom. The number of hydrogen-bond acceptors (Lipinski definition) is 6. The second-order valence-electron chi connectivity index (χ2n) is 14.2. The Kier molecular flexibility index (Phi) is 8.27. The van der Waals surface area contributed by atoms with Crippen molar-refractivity contribution < 1.29 is 19.2 Å². The summed E-state index contributed by atoms with van der Waals surface area (Å²) in [5.74, 6) is -0.755. The zero-order chi connectivity index (χ0) is 32.9. The number of aldehydes is 1. The fourth-order valence-electron chi connectivity index (χ4n) is 7.93. The summed E-state index contributed by atoms with van der Waals surface area (Å²) in [6.07, 6.45) is 3.35. The number of rotatable bonds is 8. The predicted octanol–water partition coefficient (Wildman–Crippen LogP) is 2.99. The van der Waals surface area contributed by atoms with Gasteiger partial charge in [-0.05, 0) is 66.1 Å². The minimum atomic E-state index is -1.58. The molecule has 9 heteroatoms. The lowest BCUT2D eigenvalue weighted by atomic mass is 9.64. The number of nitrogens with zero attached hydrogens (tertiary/aromatic N) is 2. The molecule has 2 aliphatic heterocycles. The highest BCUT2D eigenvalue weighted by atomic mass is 16.2. The first kappa shape index (κ1) is 31.9. The average molecular weight is 624 g/mol. The fourth-order valence-corrected chi connectivity index (χ4v) is 7.93. The molecule has 46 heavy (non-hydrogen) atoms. The van der Waals surface area contributed by atoms with E-state index in [4.69, 9.17) is 0 Å². The molecule has 2 saturated heterocycles. The lowest BCUT2D eigenvalue weighted by molar-refractivity contribution is -0.177. The standard InChI is InChI=1S/C37H45N5O4/c1-24(38-5)33(45)40-36(23-43,35(2,3)4)37-22-41(30-17-16-27-11-7-9-13-29(27)20-30)34(46)31(42(37)32(44)21-39-37)19-25-14-15-26-10-6-8-12-28(26)18-25/h6-15,18,23-24,30-31,38-39H,16-17,19-22H2,1-5H3,(H,40,45)/t24?,30-,31-,36-,37+/m0/s1. The number of hydrogen-bond donors (Lipinski definition) is 3. The van der Waals surface area contributed by atoms with Gasteiger partial charge in [-0.1, -0.05) is 87.5 Å². The van der Waals surface area contributed by atoms with Crippen molar-refractivity contribution >= 4 is 34.8 Å². The van der Waals surface area contributed by atoms with E-state index >= 15 is 0 Å². The van der Waals surface area contributed by atoms with Crippen LogP contribution < -0.4 is 16.0 Å². The molecule has 3 aliphatic rings. The quantitative estimate of drug-likeness (QED) is 0.333. The summed E-state index contributed by atoms with van der Waals surface area (Å²) >= 11 is 0. The molecule has 0 spiro atoms. The van der Waals surface area contributed by atoms with Gasteiger partial charge in [0, 0.05) is 12.5 Å². The van der Waals surface area contributed by atoms with Crippen molar-refractivity contribution in [1.82, 2.24) is 25.8 Å². The molecule has 3 amide bonds. The van der Waals surface area contributed by atoms with Crippen LogP contribution in [0.15, 0.2) is 66.7 Å². The molecule has 0 bridgehead atoms. The predicted molar refractivity (Wildman–Crippen MR) is 178 cm³/mol. The molecule has 3 N–H and O–H groups in total. The topological polar surface area (TPSA) is 111 Å². The van der Waals surface area contributed by atoms with Crippen molar-refractivity contribution in [1.29, 1.82) is 0 Å². The summed E-state index contributed by atoms with van der Waals surface area (Å²) in [6, 6.07) is 20.9. The van der Waals surface area contributed by atoms with Gasteiger partial charge >= 0.3 is 0 Å². The molecule has 2 heterocycles. The number of fused-ring (bicyclic) bond motifs is 3. The minimum Gasteiger partial charge on any atom is -0.339 e. The maximum absolute atomic E-state index is 14.8. The average Bonchev–Trinajstić information content (AvgIpc) is 3.40. The minimum absolute atomic E-state index is 0.0496. The van der Waals surface area contributed by atoms with E-state index in [1.165, 1.54) is 11.1 Å². The molecule has 5 atom stereocenters. The first-order valence-corrected chi connectivity index (χ1v) is 16.3. The molecule has 0 aromatic heterocycles. The summed E-state index contributed by atoms with van der Waals surface area (Å²) < 4.78 is 0. The largest absolute Gasteiger partial charge is 0.339 e. The van der Waals surface area contributed by atoms with Gasteiger partial charge in [-0.25, -0.2) is 0 Å².